The first-order valence-electron chi connectivity index (χ1n) is 4.66. The number of rotatable bonds is 4. The van der Waals surface area contributed by atoms with Crippen LogP contribution in [-0.4, -0.2) is 12.0 Å². The molecule has 76 valence electrons. The number of ether oxygens (including phenoxy) is 1. The molecule has 0 spiro atoms. The third-order valence-corrected chi connectivity index (χ3v) is 1.96. The Hall–Kier alpha value is -1.51. The van der Waals surface area contributed by atoms with Gasteiger partial charge in [-0.3, -0.25) is 4.79 Å². The molecule has 0 heterocycles. The number of aryl methyl sites for hydroxylation is 1. The van der Waals surface area contributed by atoms with Crippen molar-refractivity contribution in [1.29, 1.82) is 0 Å². The highest BCUT2D eigenvalue weighted by Gasteiger charge is 2.13. The Labute approximate surface area is 83.9 Å². The molecular weight excluding hydrogens is 178 g/mol. The molecule has 1 aromatic carbocycles. The molecule has 3 nitrogen and oxygen atoms in total. The molecule has 3 heteroatoms. The summed E-state index contributed by atoms with van der Waals surface area (Å²) in [6, 6.07) is 7.56. The molecule has 0 fully saturated rings. The van der Waals surface area contributed by atoms with Crippen LogP contribution >= 0.6 is 0 Å². The van der Waals surface area contributed by atoms with Crippen molar-refractivity contribution >= 4 is 5.91 Å². The number of carbonyl (C=O) groups excluding carboxylic acids is 1. The van der Waals surface area contributed by atoms with Crippen LogP contribution < -0.4 is 10.5 Å². The number of hydrogen-bond donors (Lipinski definition) is 1. The van der Waals surface area contributed by atoms with Gasteiger partial charge >= 0.3 is 0 Å². The van der Waals surface area contributed by atoms with Crippen LogP contribution in [0.15, 0.2) is 24.3 Å². The molecule has 0 radical (unpaired) electrons. The lowest BCUT2D eigenvalue weighted by Gasteiger charge is -2.14. The normalized spacial score (nSPS) is 12.1. The minimum atomic E-state index is -0.531. The predicted octanol–water partition coefficient (Wildman–Crippen LogP) is 1.64. The van der Waals surface area contributed by atoms with Crippen molar-refractivity contribution in [2.75, 3.05) is 0 Å². The van der Waals surface area contributed by atoms with E-state index in [0.717, 1.165) is 5.56 Å². The molecule has 1 amide bonds. The first-order chi connectivity index (χ1) is 6.63. The summed E-state index contributed by atoms with van der Waals surface area (Å²) in [6.45, 7) is 3.84. The topological polar surface area (TPSA) is 52.3 Å². The fraction of sp³-hybridized carbons (Fsp3) is 0.364. The number of primary amides is 1. The van der Waals surface area contributed by atoms with Crippen molar-refractivity contribution in [2.45, 2.75) is 26.4 Å². The zero-order chi connectivity index (χ0) is 10.6. The average Bonchev–Trinajstić information content (AvgIpc) is 2.14. The standard InChI is InChI=1S/C11H15NO2/c1-3-10(11(12)13)14-9-6-4-5-8(2)7-9/h4-7,10H,3H2,1-2H3,(H2,12,13)/t10-/m1/s1. The summed E-state index contributed by atoms with van der Waals surface area (Å²) < 4.78 is 5.43. The van der Waals surface area contributed by atoms with Gasteiger partial charge in [0.15, 0.2) is 6.10 Å². The van der Waals surface area contributed by atoms with Gasteiger partial charge in [-0.25, -0.2) is 0 Å². The molecule has 0 bridgehead atoms. The maximum Gasteiger partial charge on any atom is 0.258 e. The molecule has 0 aliphatic heterocycles. The maximum atomic E-state index is 10.9. The molecule has 0 unspecified atom stereocenters. The van der Waals surface area contributed by atoms with Crippen molar-refractivity contribution in [2.24, 2.45) is 5.73 Å². The van der Waals surface area contributed by atoms with Crippen LogP contribution in [0, 0.1) is 6.92 Å². The van der Waals surface area contributed by atoms with Crippen LogP contribution in [0.2, 0.25) is 0 Å². The highest BCUT2D eigenvalue weighted by molar-refractivity contribution is 5.79. The molecule has 1 aromatic rings. The van der Waals surface area contributed by atoms with Crippen LogP contribution in [0.4, 0.5) is 0 Å². The van der Waals surface area contributed by atoms with Crippen molar-refractivity contribution in [3.8, 4) is 5.75 Å². The van der Waals surface area contributed by atoms with E-state index in [2.05, 4.69) is 0 Å². The molecule has 0 aliphatic carbocycles. The summed E-state index contributed by atoms with van der Waals surface area (Å²) in [5.41, 5.74) is 6.27. The zero-order valence-corrected chi connectivity index (χ0v) is 8.49. The summed E-state index contributed by atoms with van der Waals surface area (Å²) >= 11 is 0. The largest absolute Gasteiger partial charge is 0.481 e. The Balaban J connectivity index is 2.72. The predicted molar refractivity (Wildman–Crippen MR) is 55.1 cm³/mol. The first kappa shape index (κ1) is 10.6. The van der Waals surface area contributed by atoms with E-state index < -0.39 is 12.0 Å². The van der Waals surface area contributed by atoms with Crippen molar-refractivity contribution < 1.29 is 9.53 Å². The van der Waals surface area contributed by atoms with Crippen LogP contribution in [0.3, 0.4) is 0 Å². The highest BCUT2D eigenvalue weighted by atomic mass is 16.5. The SMILES string of the molecule is CC[C@@H](Oc1cccc(C)c1)C(N)=O. The van der Waals surface area contributed by atoms with Crippen molar-refractivity contribution in [3.63, 3.8) is 0 Å². The van der Waals surface area contributed by atoms with E-state index in [1.807, 2.05) is 38.1 Å². The second-order valence-corrected chi connectivity index (χ2v) is 3.23. The second-order valence-electron chi connectivity index (χ2n) is 3.23. The van der Waals surface area contributed by atoms with E-state index in [0.29, 0.717) is 12.2 Å². The van der Waals surface area contributed by atoms with E-state index in [1.54, 1.807) is 0 Å². The fourth-order valence-corrected chi connectivity index (χ4v) is 1.20. The fourth-order valence-electron chi connectivity index (χ4n) is 1.20. The van der Waals surface area contributed by atoms with Gasteiger partial charge < -0.3 is 10.5 Å². The van der Waals surface area contributed by atoms with Crippen LogP contribution in [0.25, 0.3) is 0 Å². The Kier molecular flexibility index (Phi) is 3.51. The van der Waals surface area contributed by atoms with Gasteiger partial charge in [0, 0.05) is 0 Å². The lowest BCUT2D eigenvalue weighted by molar-refractivity contribution is -0.124. The van der Waals surface area contributed by atoms with Gasteiger partial charge in [0.05, 0.1) is 0 Å². The van der Waals surface area contributed by atoms with E-state index in [1.165, 1.54) is 0 Å². The summed E-state index contributed by atoms with van der Waals surface area (Å²) in [5, 5.41) is 0. The molecule has 0 aliphatic rings. The lowest BCUT2D eigenvalue weighted by Crippen LogP contribution is -2.32. The van der Waals surface area contributed by atoms with E-state index in [9.17, 15) is 4.79 Å². The number of benzene rings is 1. The summed E-state index contributed by atoms with van der Waals surface area (Å²) in [7, 11) is 0. The maximum absolute atomic E-state index is 10.9. The molecule has 1 atom stereocenters. The van der Waals surface area contributed by atoms with E-state index in [-0.39, 0.29) is 0 Å². The average molecular weight is 193 g/mol. The quantitative estimate of drug-likeness (QED) is 0.790. The molecule has 14 heavy (non-hydrogen) atoms. The van der Waals surface area contributed by atoms with Crippen molar-refractivity contribution in [3.05, 3.63) is 29.8 Å². The highest BCUT2D eigenvalue weighted by Crippen LogP contribution is 2.14. The third kappa shape index (κ3) is 2.76. The van der Waals surface area contributed by atoms with Gasteiger partial charge in [0.25, 0.3) is 5.91 Å². The Bertz CT molecular complexity index is 323. The number of hydrogen-bond acceptors (Lipinski definition) is 2. The Morgan fingerprint density at radius 1 is 1.57 bits per heavy atom. The Morgan fingerprint density at radius 3 is 2.79 bits per heavy atom. The second kappa shape index (κ2) is 4.65. The van der Waals surface area contributed by atoms with Gasteiger partial charge in [0.1, 0.15) is 5.75 Å². The monoisotopic (exact) mass is 193 g/mol. The van der Waals surface area contributed by atoms with E-state index >= 15 is 0 Å². The smallest absolute Gasteiger partial charge is 0.258 e. The van der Waals surface area contributed by atoms with Crippen molar-refractivity contribution in [1.82, 2.24) is 0 Å². The van der Waals surface area contributed by atoms with Gasteiger partial charge in [-0.2, -0.15) is 0 Å². The zero-order valence-electron chi connectivity index (χ0n) is 8.49. The molecule has 0 saturated heterocycles. The minimum Gasteiger partial charge on any atom is -0.481 e. The molecule has 0 saturated carbocycles. The van der Waals surface area contributed by atoms with Gasteiger partial charge in [-0.15, -0.1) is 0 Å². The van der Waals surface area contributed by atoms with Gasteiger partial charge in [-0.05, 0) is 31.0 Å². The van der Waals surface area contributed by atoms with Gasteiger partial charge in [-0.1, -0.05) is 19.1 Å². The number of amides is 1. The summed E-state index contributed by atoms with van der Waals surface area (Å²) in [4.78, 5) is 10.9. The lowest BCUT2D eigenvalue weighted by atomic mass is 10.2. The molecule has 1 rings (SSSR count). The van der Waals surface area contributed by atoms with E-state index in [4.69, 9.17) is 10.5 Å². The first-order valence-corrected chi connectivity index (χ1v) is 4.66. The summed E-state index contributed by atoms with van der Waals surface area (Å²) in [5.74, 6) is 0.268. The Morgan fingerprint density at radius 2 is 2.29 bits per heavy atom. The third-order valence-electron chi connectivity index (χ3n) is 1.96. The minimum absolute atomic E-state index is 0.422. The number of carbonyl (C=O) groups is 1. The van der Waals surface area contributed by atoms with Crippen LogP contribution in [0.1, 0.15) is 18.9 Å². The molecule has 0 aromatic heterocycles. The van der Waals surface area contributed by atoms with Gasteiger partial charge in [0.2, 0.25) is 0 Å². The summed E-state index contributed by atoms with van der Waals surface area (Å²) in [6.07, 6.45) is 0.0558. The van der Waals surface area contributed by atoms with Crippen LogP contribution in [-0.2, 0) is 4.79 Å². The van der Waals surface area contributed by atoms with Crippen LogP contribution in [0.5, 0.6) is 5.75 Å². The molecule has 2 N–H and O–H groups in total. The number of nitrogens with two attached hydrogens (primary N) is 1. The molecular formula is C11H15NO2.